The van der Waals surface area contributed by atoms with Crippen LogP contribution in [-0.2, 0) is 24.6 Å². The second kappa shape index (κ2) is 6.75. The van der Waals surface area contributed by atoms with E-state index in [0.717, 1.165) is 6.92 Å². The number of aliphatic hydroxyl groups is 1. The third-order valence-corrected chi connectivity index (χ3v) is 3.37. The van der Waals surface area contributed by atoms with E-state index >= 15 is 0 Å². The Morgan fingerprint density at radius 1 is 1.61 bits per heavy atom. The molecule has 0 radical (unpaired) electrons. The molecule has 1 amide bonds. The van der Waals surface area contributed by atoms with Gasteiger partial charge in [-0.25, -0.2) is 12.7 Å². The van der Waals surface area contributed by atoms with Crippen molar-refractivity contribution in [1.82, 2.24) is 4.31 Å². The number of hydrogen-bond donors (Lipinski definition) is 1. The molecule has 1 saturated heterocycles. The molecule has 0 unspecified atom stereocenters. The molecule has 0 saturated carbocycles. The van der Waals surface area contributed by atoms with Crippen molar-refractivity contribution in [1.29, 1.82) is 0 Å². The van der Waals surface area contributed by atoms with Crippen LogP contribution in [0, 0.1) is 5.92 Å². The molecule has 10 heteroatoms. The molecule has 3 atom stereocenters. The first-order valence-electron chi connectivity index (χ1n) is 4.76. The van der Waals surface area contributed by atoms with Crippen LogP contribution in [0.3, 0.4) is 0 Å². The minimum Gasteiger partial charge on any atom is -0.731 e. The zero-order valence-electron chi connectivity index (χ0n) is 10.2. The largest absolute Gasteiger partial charge is 1.00 e. The summed E-state index contributed by atoms with van der Waals surface area (Å²) in [7, 11) is -4.95. The molecule has 0 aromatic carbocycles. The maximum Gasteiger partial charge on any atom is 1.00 e. The molecule has 0 aromatic heterocycles. The van der Waals surface area contributed by atoms with Gasteiger partial charge in [0.25, 0.3) is 0 Å². The van der Waals surface area contributed by atoms with E-state index in [4.69, 9.17) is 0 Å². The SMILES string of the molecule is CC(=O)OC[C@@H]1[C@@H]([C@@H](C)O)C(=O)N1S(=O)(=O)[O-].[K+]. The minimum absolute atomic E-state index is 0. The average molecular weight is 305 g/mol. The van der Waals surface area contributed by atoms with Gasteiger partial charge in [-0.2, -0.15) is 0 Å². The van der Waals surface area contributed by atoms with Crippen molar-refractivity contribution in [2.75, 3.05) is 6.61 Å². The zero-order valence-corrected chi connectivity index (χ0v) is 14.1. The molecule has 0 bridgehead atoms. The number of carbonyl (C=O) groups is 2. The summed E-state index contributed by atoms with van der Waals surface area (Å²) in [6, 6.07) is -1.13. The van der Waals surface area contributed by atoms with Gasteiger partial charge >= 0.3 is 57.4 Å². The first-order valence-corrected chi connectivity index (χ1v) is 6.13. The third kappa shape index (κ3) is 3.97. The van der Waals surface area contributed by atoms with Crippen LogP contribution in [0.1, 0.15) is 13.8 Å². The standard InChI is InChI=1S/C8H13NO7S.K/c1-4(10)7-6(3-16-5(2)11)9(8(7)12)17(13,14)15;/h4,6-7,10H,3H2,1-2H3,(H,13,14,15);/q;+1/p-1/t4-,6-,7-;/m1./s1. The first kappa shape index (κ1) is 18.4. The average Bonchev–Trinajstić information content (AvgIpc) is 2.07. The van der Waals surface area contributed by atoms with Gasteiger partial charge in [0, 0.05) is 6.92 Å². The van der Waals surface area contributed by atoms with Crippen molar-refractivity contribution in [3.8, 4) is 0 Å². The molecular weight excluding hydrogens is 293 g/mol. The quantitative estimate of drug-likeness (QED) is 0.239. The number of β-lactam (4-membered cyclic amide) rings is 1. The van der Waals surface area contributed by atoms with Crippen molar-refractivity contribution in [2.45, 2.75) is 26.0 Å². The normalized spacial score (nSPS) is 24.9. The maximum atomic E-state index is 11.4. The van der Waals surface area contributed by atoms with Crippen molar-refractivity contribution < 1.29 is 83.8 Å². The van der Waals surface area contributed by atoms with Crippen LogP contribution in [0.5, 0.6) is 0 Å². The summed E-state index contributed by atoms with van der Waals surface area (Å²) in [6.07, 6.45) is -1.12. The molecule has 18 heavy (non-hydrogen) atoms. The van der Waals surface area contributed by atoms with Crippen LogP contribution in [0.4, 0.5) is 0 Å². The summed E-state index contributed by atoms with van der Waals surface area (Å²) in [5, 5.41) is 9.28. The number of hydrogen-bond acceptors (Lipinski definition) is 7. The Morgan fingerprint density at radius 3 is 2.44 bits per heavy atom. The molecule has 0 aliphatic carbocycles. The van der Waals surface area contributed by atoms with E-state index in [2.05, 4.69) is 4.74 Å². The number of esters is 1. The van der Waals surface area contributed by atoms with E-state index in [1.54, 1.807) is 0 Å². The maximum absolute atomic E-state index is 11.4. The summed E-state index contributed by atoms with van der Waals surface area (Å²) in [5.74, 6) is -2.69. The molecule has 1 aliphatic rings. The summed E-state index contributed by atoms with van der Waals surface area (Å²) >= 11 is 0. The van der Waals surface area contributed by atoms with Crippen molar-refractivity contribution in [2.24, 2.45) is 5.92 Å². The van der Waals surface area contributed by atoms with E-state index in [1.807, 2.05) is 0 Å². The molecule has 8 nitrogen and oxygen atoms in total. The number of nitrogens with zero attached hydrogens (tertiary/aromatic N) is 1. The summed E-state index contributed by atoms with van der Waals surface area (Å²) in [5.41, 5.74) is 0. The van der Waals surface area contributed by atoms with Crippen LogP contribution in [0.2, 0.25) is 0 Å². The molecule has 1 aliphatic heterocycles. The Morgan fingerprint density at radius 2 is 2.11 bits per heavy atom. The third-order valence-electron chi connectivity index (χ3n) is 2.44. The van der Waals surface area contributed by atoms with Gasteiger partial charge in [0.05, 0.1) is 18.1 Å². The predicted molar refractivity (Wildman–Crippen MR) is 52.1 cm³/mol. The fourth-order valence-corrected chi connectivity index (χ4v) is 2.58. The molecule has 1 heterocycles. The van der Waals surface area contributed by atoms with E-state index in [0.29, 0.717) is 0 Å². The first-order chi connectivity index (χ1) is 7.66. The van der Waals surface area contributed by atoms with Crippen molar-refractivity contribution >= 4 is 22.2 Å². The van der Waals surface area contributed by atoms with Crippen LogP contribution in [0.25, 0.3) is 0 Å². The Kier molecular flexibility index (Phi) is 6.91. The molecule has 0 aromatic rings. The number of ether oxygens (including phenoxy) is 1. The summed E-state index contributed by atoms with van der Waals surface area (Å²) < 4.78 is 37.0. The van der Waals surface area contributed by atoms with Crippen LogP contribution in [-0.4, -0.2) is 53.0 Å². The van der Waals surface area contributed by atoms with Gasteiger partial charge in [-0.3, -0.25) is 9.59 Å². The molecule has 98 valence electrons. The van der Waals surface area contributed by atoms with Gasteiger partial charge < -0.3 is 14.4 Å². The minimum atomic E-state index is -4.95. The number of aliphatic hydroxyl groups excluding tert-OH is 1. The van der Waals surface area contributed by atoms with Gasteiger partial charge in [0.1, 0.15) is 6.61 Å². The fourth-order valence-electron chi connectivity index (χ4n) is 1.72. The number of carbonyl (C=O) groups excluding carboxylic acids is 2. The fraction of sp³-hybridized carbons (Fsp3) is 0.750. The Labute approximate surface area is 147 Å². The van der Waals surface area contributed by atoms with Crippen LogP contribution >= 0.6 is 0 Å². The summed E-state index contributed by atoms with van der Waals surface area (Å²) in [4.78, 5) is 21.9. The van der Waals surface area contributed by atoms with Gasteiger partial charge in [-0.05, 0) is 6.92 Å². The van der Waals surface area contributed by atoms with E-state index in [-0.39, 0.29) is 55.7 Å². The van der Waals surface area contributed by atoms with Crippen LogP contribution in [0.15, 0.2) is 0 Å². The number of amides is 1. The molecule has 1 rings (SSSR count). The van der Waals surface area contributed by atoms with Crippen LogP contribution < -0.4 is 51.4 Å². The molecule has 1 N–H and O–H groups in total. The topological polar surface area (TPSA) is 124 Å². The Bertz CT molecular complexity index is 435. The second-order valence-corrected chi connectivity index (χ2v) is 4.98. The van der Waals surface area contributed by atoms with Gasteiger partial charge in [0.15, 0.2) is 10.3 Å². The zero-order chi connectivity index (χ0) is 13.4. The van der Waals surface area contributed by atoms with E-state index < -0.39 is 46.9 Å². The molecule has 0 spiro atoms. The van der Waals surface area contributed by atoms with Gasteiger partial charge in [-0.1, -0.05) is 0 Å². The van der Waals surface area contributed by atoms with E-state index in [1.165, 1.54) is 6.92 Å². The summed E-state index contributed by atoms with van der Waals surface area (Å²) in [6.45, 7) is 1.96. The van der Waals surface area contributed by atoms with Gasteiger partial charge in [-0.15, -0.1) is 0 Å². The predicted octanol–water partition coefficient (Wildman–Crippen LogP) is -4.78. The van der Waals surface area contributed by atoms with Gasteiger partial charge in [0.2, 0.25) is 5.91 Å². The smallest absolute Gasteiger partial charge is 0.731 e. The van der Waals surface area contributed by atoms with Crippen molar-refractivity contribution in [3.05, 3.63) is 0 Å². The number of rotatable bonds is 4. The van der Waals surface area contributed by atoms with E-state index in [9.17, 15) is 27.7 Å². The van der Waals surface area contributed by atoms with Crippen molar-refractivity contribution in [3.63, 3.8) is 0 Å². The molecule has 1 fully saturated rings. The Balaban J connectivity index is 0.00000289. The molecular formula is C8H12KNO7S. The monoisotopic (exact) mass is 305 g/mol. The second-order valence-electron chi connectivity index (χ2n) is 3.73. The Hall–Kier alpha value is 0.446.